The predicted octanol–water partition coefficient (Wildman–Crippen LogP) is 0.497. The van der Waals surface area contributed by atoms with Crippen LogP contribution in [-0.2, 0) is 25.5 Å². The summed E-state index contributed by atoms with van der Waals surface area (Å²) in [7, 11) is 1.57. The third kappa shape index (κ3) is 3.38. The van der Waals surface area contributed by atoms with E-state index in [4.69, 9.17) is 14.0 Å². The average Bonchev–Trinajstić information content (AvgIpc) is 3.49. The molecule has 0 radical (unpaired) electrons. The maximum Gasteiger partial charge on any atom is 0.328 e. The Kier molecular flexibility index (Phi) is 5.57. The number of aromatic nitrogens is 4. The molecule has 0 unspecified atom stereocenters. The van der Waals surface area contributed by atoms with Gasteiger partial charge in [0, 0.05) is 26.6 Å². The third-order valence-corrected chi connectivity index (χ3v) is 7.28. The van der Waals surface area contributed by atoms with Gasteiger partial charge in [-0.2, -0.15) is 14.8 Å². The topological polar surface area (TPSA) is 166 Å². The quantitative estimate of drug-likeness (QED) is 0.312. The third-order valence-electron chi connectivity index (χ3n) is 7.28. The first-order valence-electron chi connectivity index (χ1n) is 12.1. The zero-order chi connectivity index (χ0) is 26.8. The Bertz CT molecular complexity index is 1450. The summed E-state index contributed by atoms with van der Waals surface area (Å²) < 4.78 is 34.1. The van der Waals surface area contributed by atoms with Gasteiger partial charge in [0.05, 0.1) is 35.9 Å². The Morgan fingerprint density at radius 3 is 2.76 bits per heavy atom. The average molecular weight is 529 g/mol. The number of fused-ring (bicyclic) bond motifs is 5. The number of nitrogens with zero attached hydrogens (tertiary/aromatic N) is 5. The summed E-state index contributed by atoms with van der Waals surface area (Å²) in [6, 6.07) is -0.135. The van der Waals surface area contributed by atoms with Gasteiger partial charge < -0.3 is 24.2 Å². The molecule has 3 atom stereocenters. The highest BCUT2D eigenvalue weighted by atomic mass is 19.1. The summed E-state index contributed by atoms with van der Waals surface area (Å²) in [6.07, 6.45) is 0.183. The SMILES string of the molecule is COCCNc1ncnn1-c1noc2c(F)c3c(cc12)CC1(C(=O)NC(=O)NC1=O)[C@H]1[C@H](C)O[C@H](C)CN31. The summed E-state index contributed by atoms with van der Waals surface area (Å²) in [5.74, 6) is -1.69. The van der Waals surface area contributed by atoms with E-state index in [0.717, 1.165) is 0 Å². The molecule has 1 spiro atoms. The van der Waals surface area contributed by atoms with Gasteiger partial charge in [0.15, 0.2) is 11.2 Å². The van der Waals surface area contributed by atoms with Crippen molar-refractivity contribution >= 4 is 40.5 Å². The van der Waals surface area contributed by atoms with Crippen LogP contribution in [0.5, 0.6) is 0 Å². The van der Waals surface area contributed by atoms with Gasteiger partial charge in [0.1, 0.15) is 6.33 Å². The summed E-state index contributed by atoms with van der Waals surface area (Å²) in [5.41, 5.74) is -1.26. The molecule has 1 aromatic carbocycles. The van der Waals surface area contributed by atoms with E-state index in [2.05, 4.69) is 31.2 Å². The Balaban J connectivity index is 1.53. The van der Waals surface area contributed by atoms with Gasteiger partial charge in [-0.3, -0.25) is 20.2 Å². The van der Waals surface area contributed by atoms with Crippen molar-refractivity contribution in [2.75, 3.05) is 37.0 Å². The van der Waals surface area contributed by atoms with Crippen LogP contribution < -0.4 is 20.9 Å². The van der Waals surface area contributed by atoms with E-state index in [1.165, 1.54) is 11.0 Å². The normalized spacial score (nSPS) is 24.3. The minimum atomic E-state index is -1.74. The van der Waals surface area contributed by atoms with Crippen LogP contribution in [0.3, 0.4) is 0 Å². The number of morpholine rings is 1. The Morgan fingerprint density at radius 2 is 2.03 bits per heavy atom. The van der Waals surface area contributed by atoms with Gasteiger partial charge in [0.25, 0.3) is 0 Å². The maximum absolute atomic E-state index is 16.2. The number of anilines is 2. The molecule has 4 amide bonds. The predicted molar refractivity (Wildman–Crippen MR) is 128 cm³/mol. The van der Waals surface area contributed by atoms with Crippen LogP contribution >= 0.6 is 0 Å². The number of amides is 4. The van der Waals surface area contributed by atoms with Crippen molar-refractivity contribution in [2.45, 2.75) is 38.5 Å². The van der Waals surface area contributed by atoms with E-state index in [9.17, 15) is 14.4 Å². The molecular weight excluding hydrogens is 503 g/mol. The molecule has 6 rings (SSSR count). The fourth-order valence-corrected chi connectivity index (χ4v) is 5.87. The van der Waals surface area contributed by atoms with Crippen molar-refractivity contribution in [3.63, 3.8) is 0 Å². The van der Waals surface area contributed by atoms with E-state index in [0.29, 0.717) is 24.7 Å². The van der Waals surface area contributed by atoms with Crippen LogP contribution in [0, 0.1) is 11.2 Å². The Labute approximate surface area is 214 Å². The van der Waals surface area contributed by atoms with Crippen LogP contribution in [0.4, 0.5) is 20.8 Å². The molecule has 0 saturated carbocycles. The number of barbiturate groups is 1. The number of carbonyl (C=O) groups is 3. The molecule has 0 aliphatic carbocycles. The number of benzene rings is 1. The number of nitrogens with one attached hydrogen (secondary N) is 3. The molecule has 3 aromatic rings. The van der Waals surface area contributed by atoms with Crippen LogP contribution in [0.2, 0.25) is 0 Å². The summed E-state index contributed by atoms with van der Waals surface area (Å²) in [4.78, 5) is 44.5. The number of urea groups is 1. The molecule has 15 heteroatoms. The van der Waals surface area contributed by atoms with Gasteiger partial charge in [-0.25, -0.2) is 9.18 Å². The zero-order valence-electron chi connectivity index (χ0n) is 20.8. The van der Waals surface area contributed by atoms with Crippen LogP contribution in [0.15, 0.2) is 16.9 Å². The number of rotatable bonds is 5. The lowest BCUT2D eigenvalue weighted by Gasteiger charge is -2.55. The van der Waals surface area contributed by atoms with E-state index in [-0.39, 0.29) is 41.5 Å². The monoisotopic (exact) mass is 528 g/mol. The number of imide groups is 2. The number of ether oxygens (including phenoxy) is 2. The lowest BCUT2D eigenvalue weighted by Crippen LogP contribution is -2.75. The smallest absolute Gasteiger partial charge is 0.328 e. The molecule has 38 heavy (non-hydrogen) atoms. The van der Waals surface area contributed by atoms with Gasteiger partial charge in [-0.05, 0) is 25.5 Å². The van der Waals surface area contributed by atoms with Gasteiger partial charge in [-0.15, -0.1) is 0 Å². The van der Waals surface area contributed by atoms with Gasteiger partial charge in [-0.1, -0.05) is 5.16 Å². The van der Waals surface area contributed by atoms with Crippen LogP contribution in [0.1, 0.15) is 19.4 Å². The molecule has 14 nitrogen and oxygen atoms in total. The standard InChI is InChI=1S/C23H25FN8O6/c1-10-8-31-15-12(7-23(17(31)11(2)37-10)19(33)28-22(35)29-20(23)34)6-13-16(14(15)24)38-30-18(13)32-21(26-9-27-32)25-4-5-36-3/h6,9-11,17H,4-5,7-8H2,1-3H3,(H,25,26,27)(H2,28,29,33,34,35)/t10-,11+,17-/m1/s1. The van der Waals surface area contributed by atoms with Crippen molar-refractivity contribution < 1.29 is 32.8 Å². The van der Waals surface area contributed by atoms with Crippen molar-refractivity contribution in [1.82, 2.24) is 30.6 Å². The van der Waals surface area contributed by atoms with Crippen LogP contribution in [0.25, 0.3) is 16.8 Å². The van der Waals surface area contributed by atoms with Crippen molar-refractivity contribution in [2.24, 2.45) is 5.41 Å². The highest BCUT2D eigenvalue weighted by molar-refractivity contribution is 6.20. The highest BCUT2D eigenvalue weighted by Crippen LogP contribution is 2.49. The fourth-order valence-electron chi connectivity index (χ4n) is 5.87. The molecule has 3 aliphatic rings. The first-order chi connectivity index (χ1) is 18.3. The lowest BCUT2D eigenvalue weighted by atomic mass is 9.66. The second-order valence-corrected chi connectivity index (χ2v) is 9.63. The van der Waals surface area contributed by atoms with Crippen molar-refractivity contribution in [3.8, 4) is 5.82 Å². The van der Waals surface area contributed by atoms with Crippen molar-refractivity contribution in [1.29, 1.82) is 0 Å². The largest absolute Gasteiger partial charge is 0.383 e. The number of halogens is 1. The van der Waals surface area contributed by atoms with E-state index in [1.54, 1.807) is 25.0 Å². The van der Waals surface area contributed by atoms with E-state index < -0.39 is 41.2 Å². The minimum Gasteiger partial charge on any atom is -0.383 e. The Morgan fingerprint density at radius 1 is 1.26 bits per heavy atom. The van der Waals surface area contributed by atoms with Gasteiger partial charge >= 0.3 is 6.03 Å². The number of carbonyl (C=O) groups excluding carboxylic acids is 3. The number of hydrogen-bond acceptors (Lipinski definition) is 11. The minimum absolute atomic E-state index is 0.105. The summed E-state index contributed by atoms with van der Waals surface area (Å²) >= 11 is 0. The highest BCUT2D eigenvalue weighted by Gasteiger charge is 2.63. The molecule has 3 aliphatic heterocycles. The maximum atomic E-state index is 16.2. The lowest BCUT2D eigenvalue weighted by molar-refractivity contribution is -0.153. The first kappa shape index (κ1) is 24.2. The second kappa shape index (κ2) is 8.73. The number of hydrogen-bond donors (Lipinski definition) is 3. The Hall–Kier alpha value is -4.11. The fraction of sp³-hybridized carbons (Fsp3) is 0.478. The molecule has 200 valence electrons. The van der Waals surface area contributed by atoms with E-state index >= 15 is 4.39 Å². The number of methoxy groups -OCH3 is 1. The second-order valence-electron chi connectivity index (χ2n) is 9.63. The molecule has 5 heterocycles. The van der Waals surface area contributed by atoms with Crippen molar-refractivity contribution in [3.05, 3.63) is 23.8 Å². The molecule has 2 saturated heterocycles. The molecular formula is C23H25FN8O6. The van der Waals surface area contributed by atoms with Gasteiger partial charge in [0.2, 0.25) is 29.2 Å². The molecule has 0 bridgehead atoms. The molecule has 3 N–H and O–H groups in total. The zero-order valence-corrected chi connectivity index (χ0v) is 20.8. The van der Waals surface area contributed by atoms with Crippen LogP contribution in [-0.4, -0.2) is 82.8 Å². The summed E-state index contributed by atoms with van der Waals surface area (Å²) in [6.45, 7) is 4.61. The first-order valence-corrected chi connectivity index (χ1v) is 12.1. The molecule has 2 fully saturated rings. The molecule has 2 aromatic heterocycles. The summed E-state index contributed by atoms with van der Waals surface area (Å²) in [5, 5.41) is 16.0. The van der Waals surface area contributed by atoms with E-state index in [1.807, 2.05) is 6.92 Å².